The first-order valence-electron chi connectivity index (χ1n) is 6.52. The number of carboxylic acid groups (broad SMARTS) is 1. The first kappa shape index (κ1) is 14.6. The van der Waals surface area contributed by atoms with E-state index in [-0.39, 0.29) is 11.3 Å². The quantitative estimate of drug-likeness (QED) is 0.941. The molecule has 0 spiro atoms. The number of hydrogen-bond acceptors (Lipinski definition) is 4. The van der Waals surface area contributed by atoms with Crippen molar-refractivity contribution in [2.75, 3.05) is 5.75 Å². The molecule has 114 valence electrons. The lowest BCUT2D eigenvalue weighted by molar-refractivity contribution is -0.141. The molecule has 1 aliphatic heterocycles. The molecule has 1 aliphatic rings. The van der Waals surface area contributed by atoms with Crippen molar-refractivity contribution in [2.24, 2.45) is 0 Å². The number of carbonyl (C=O) groups is 2. The highest BCUT2D eigenvalue weighted by Gasteiger charge is 2.43. The number of amides is 1. The van der Waals surface area contributed by atoms with E-state index in [0.29, 0.717) is 0 Å². The van der Waals surface area contributed by atoms with E-state index in [1.807, 2.05) is 0 Å². The van der Waals surface area contributed by atoms with Crippen molar-refractivity contribution in [3.8, 4) is 0 Å². The lowest BCUT2D eigenvalue weighted by atomic mass is 10.1. The normalized spacial score (nSPS) is 21.0. The predicted molar refractivity (Wildman–Crippen MR) is 77.9 cm³/mol. The standard InChI is InChI=1S/C15H12FNO4S/c16-11-3-1-9(2-4-11)13(18)17-12(15(19)20)8-22-14(17)10-5-6-21-7-10/h1-7,12,14H,8H2,(H,19,20)/t12-,14+/m1/s1. The number of nitrogens with zero attached hydrogens (tertiary/aromatic N) is 1. The second-order valence-corrected chi connectivity index (χ2v) is 5.93. The van der Waals surface area contributed by atoms with Gasteiger partial charge in [-0.2, -0.15) is 0 Å². The van der Waals surface area contributed by atoms with E-state index >= 15 is 0 Å². The van der Waals surface area contributed by atoms with Crippen LogP contribution in [0.25, 0.3) is 0 Å². The molecule has 0 radical (unpaired) electrons. The second-order valence-electron chi connectivity index (χ2n) is 4.82. The number of carbonyl (C=O) groups excluding carboxylic acids is 1. The maximum atomic E-state index is 13.0. The van der Waals surface area contributed by atoms with Gasteiger partial charge in [0.05, 0.1) is 12.5 Å². The molecule has 2 heterocycles. The lowest BCUT2D eigenvalue weighted by Crippen LogP contribution is -2.42. The Morgan fingerprint density at radius 2 is 2.00 bits per heavy atom. The van der Waals surface area contributed by atoms with Gasteiger partial charge < -0.3 is 14.4 Å². The highest BCUT2D eigenvalue weighted by molar-refractivity contribution is 7.99. The minimum absolute atomic E-state index is 0.253. The van der Waals surface area contributed by atoms with Gasteiger partial charge in [0.1, 0.15) is 17.2 Å². The molecule has 1 N–H and O–H groups in total. The monoisotopic (exact) mass is 321 g/mol. The third-order valence-electron chi connectivity index (χ3n) is 3.44. The smallest absolute Gasteiger partial charge is 0.327 e. The number of thioether (sulfide) groups is 1. The average molecular weight is 321 g/mol. The fourth-order valence-electron chi connectivity index (χ4n) is 2.36. The van der Waals surface area contributed by atoms with Gasteiger partial charge in [-0.25, -0.2) is 9.18 Å². The van der Waals surface area contributed by atoms with Gasteiger partial charge in [-0.3, -0.25) is 4.79 Å². The molecule has 5 nitrogen and oxygen atoms in total. The number of carboxylic acids is 1. The van der Waals surface area contributed by atoms with Gasteiger partial charge in [-0.1, -0.05) is 0 Å². The van der Waals surface area contributed by atoms with Crippen LogP contribution in [0.3, 0.4) is 0 Å². The number of aliphatic carboxylic acids is 1. The number of halogens is 1. The number of hydrogen-bond donors (Lipinski definition) is 1. The molecule has 7 heteroatoms. The Hall–Kier alpha value is -2.28. The van der Waals surface area contributed by atoms with Crippen LogP contribution < -0.4 is 0 Å². The fourth-order valence-corrected chi connectivity index (χ4v) is 3.76. The summed E-state index contributed by atoms with van der Waals surface area (Å²) in [5, 5.41) is 8.92. The lowest BCUT2D eigenvalue weighted by Gasteiger charge is -2.26. The number of furan rings is 1. The van der Waals surface area contributed by atoms with E-state index in [0.717, 1.165) is 5.56 Å². The van der Waals surface area contributed by atoms with Gasteiger partial charge in [0.15, 0.2) is 0 Å². The molecule has 0 bridgehead atoms. The van der Waals surface area contributed by atoms with Crippen molar-refractivity contribution in [2.45, 2.75) is 11.4 Å². The van der Waals surface area contributed by atoms with Gasteiger partial charge in [-0.15, -0.1) is 11.8 Å². The topological polar surface area (TPSA) is 70.8 Å². The molecule has 1 aromatic heterocycles. The van der Waals surface area contributed by atoms with E-state index in [2.05, 4.69) is 0 Å². The molecule has 1 aromatic carbocycles. The van der Waals surface area contributed by atoms with Crippen molar-refractivity contribution in [1.29, 1.82) is 0 Å². The van der Waals surface area contributed by atoms with Crippen LogP contribution in [-0.2, 0) is 4.79 Å². The number of rotatable bonds is 3. The van der Waals surface area contributed by atoms with Crippen molar-refractivity contribution >= 4 is 23.6 Å². The van der Waals surface area contributed by atoms with Crippen LogP contribution in [0.5, 0.6) is 0 Å². The Morgan fingerprint density at radius 1 is 1.27 bits per heavy atom. The van der Waals surface area contributed by atoms with Crippen LogP contribution in [0.2, 0.25) is 0 Å². The zero-order chi connectivity index (χ0) is 15.7. The van der Waals surface area contributed by atoms with Crippen LogP contribution >= 0.6 is 11.8 Å². The summed E-state index contributed by atoms with van der Waals surface area (Å²) in [7, 11) is 0. The van der Waals surface area contributed by atoms with Crippen molar-refractivity contribution < 1.29 is 23.5 Å². The Balaban J connectivity index is 1.96. The molecule has 0 aliphatic carbocycles. The van der Waals surface area contributed by atoms with Crippen LogP contribution in [0.1, 0.15) is 21.3 Å². The van der Waals surface area contributed by atoms with Crippen LogP contribution in [-0.4, -0.2) is 33.7 Å². The molecule has 3 rings (SSSR count). The van der Waals surface area contributed by atoms with E-state index in [4.69, 9.17) is 4.42 Å². The maximum absolute atomic E-state index is 13.0. The van der Waals surface area contributed by atoms with Gasteiger partial charge in [-0.05, 0) is 30.3 Å². The third kappa shape index (κ3) is 2.59. The van der Waals surface area contributed by atoms with Gasteiger partial charge in [0, 0.05) is 16.9 Å². The summed E-state index contributed by atoms with van der Waals surface area (Å²) in [6, 6.07) is 5.84. The summed E-state index contributed by atoms with van der Waals surface area (Å²) in [5.41, 5.74) is 0.979. The van der Waals surface area contributed by atoms with E-state index < -0.39 is 29.1 Å². The highest BCUT2D eigenvalue weighted by Crippen LogP contribution is 2.42. The van der Waals surface area contributed by atoms with Gasteiger partial charge in [0.25, 0.3) is 5.91 Å². The van der Waals surface area contributed by atoms with E-state index in [1.54, 1.807) is 6.07 Å². The summed E-state index contributed by atoms with van der Waals surface area (Å²) in [4.78, 5) is 25.4. The van der Waals surface area contributed by atoms with Gasteiger partial charge >= 0.3 is 5.97 Å². The first-order valence-corrected chi connectivity index (χ1v) is 7.57. The van der Waals surface area contributed by atoms with Crippen LogP contribution in [0.4, 0.5) is 4.39 Å². The first-order chi connectivity index (χ1) is 10.6. The molecule has 1 amide bonds. The largest absolute Gasteiger partial charge is 0.480 e. The molecule has 22 heavy (non-hydrogen) atoms. The molecular weight excluding hydrogens is 309 g/mol. The molecule has 2 atom stereocenters. The zero-order valence-electron chi connectivity index (χ0n) is 11.3. The molecule has 0 unspecified atom stereocenters. The highest BCUT2D eigenvalue weighted by atomic mass is 32.2. The van der Waals surface area contributed by atoms with Crippen molar-refractivity contribution in [1.82, 2.24) is 4.90 Å². The minimum atomic E-state index is -1.06. The molecule has 1 saturated heterocycles. The van der Waals surface area contributed by atoms with Crippen LogP contribution in [0, 0.1) is 5.82 Å². The third-order valence-corrected chi connectivity index (χ3v) is 4.76. The van der Waals surface area contributed by atoms with Crippen LogP contribution in [0.15, 0.2) is 47.3 Å². The molecule has 1 fully saturated rings. The van der Waals surface area contributed by atoms with Crippen molar-refractivity contribution in [3.05, 3.63) is 59.8 Å². The Bertz CT molecular complexity index is 686. The summed E-state index contributed by atoms with van der Waals surface area (Å²) < 4.78 is 18.0. The van der Waals surface area contributed by atoms with Gasteiger partial charge in [0.2, 0.25) is 0 Å². The average Bonchev–Trinajstić information content (AvgIpc) is 3.16. The molecule has 0 saturated carbocycles. The molecular formula is C15H12FNO4S. The minimum Gasteiger partial charge on any atom is -0.480 e. The SMILES string of the molecule is O=C(O)[C@H]1CS[C@@H](c2ccoc2)N1C(=O)c1ccc(F)cc1. The number of benzene rings is 1. The summed E-state index contributed by atoms with van der Waals surface area (Å²) in [5.74, 6) is -1.66. The fraction of sp³-hybridized carbons (Fsp3) is 0.200. The summed E-state index contributed by atoms with van der Waals surface area (Å²) in [6.45, 7) is 0. The predicted octanol–water partition coefficient (Wildman–Crippen LogP) is 2.76. The van der Waals surface area contributed by atoms with Crippen molar-refractivity contribution in [3.63, 3.8) is 0 Å². The van der Waals surface area contributed by atoms with E-state index in [1.165, 1.54) is 53.5 Å². The summed E-state index contributed by atoms with van der Waals surface area (Å²) in [6.07, 6.45) is 2.97. The Labute approximate surface area is 129 Å². The van der Waals surface area contributed by atoms with E-state index in [9.17, 15) is 19.1 Å². The second kappa shape index (κ2) is 5.84. The Morgan fingerprint density at radius 3 is 2.59 bits per heavy atom. The Kier molecular flexibility index (Phi) is 3.89. The molecule has 2 aromatic rings. The maximum Gasteiger partial charge on any atom is 0.327 e. The summed E-state index contributed by atoms with van der Waals surface area (Å²) >= 11 is 1.36. The zero-order valence-corrected chi connectivity index (χ0v) is 12.1.